The fourth-order valence-electron chi connectivity index (χ4n) is 5.87. The molecule has 4 aromatic carbocycles. The second-order valence-electron chi connectivity index (χ2n) is 15.8. The minimum atomic E-state index is 0. The zero-order valence-electron chi connectivity index (χ0n) is 30.8. The Balaban J connectivity index is 0.000000259. The molecule has 2 aliphatic carbocycles. The summed E-state index contributed by atoms with van der Waals surface area (Å²) in [6.07, 6.45) is 6.68. The predicted molar refractivity (Wildman–Crippen MR) is 197 cm³/mol. The SMILES string of the molecule is CC(C)(C)c1[c-]c2c(cc1)-c1ccc(C(C)(C)C)cc1C2.CC(C)(C)c1ccc([CH]=[Zr+2])cc1.CC1=[C-]C(C)C=C1c1ccccc1.[Cl-].[Cl-]. The molecule has 1 atom stereocenters. The summed E-state index contributed by atoms with van der Waals surface area (Å²) in [5.41, 5.74) is 15.6. The molecule has 2 aliphatic rings. The predicted octanol–water partition coefficient (Wildman–Crippen LogP) is 5.81. The van der Waals surface area contributed by atoms with Gasteiger partial charge in [-0.25, -0.2) is 5.57 Å². The molecule has 0 aliphatic heterocycles. The van der Waals surface area contributed by atoms with Crippen molar-refractivity contribution in [2.24, 2.45) is 5.92 Å². The number of hydrogen-bond donors (Lipinski definition) is 0. The van der Waals surface area contributed by atoms with Gasteiger partial charge in [0.25, 0.3) is 0 Å². The van der Waals surface area contributed by atoms with Gasteiger partial charge in [-0.2, -0.15) is 35.4 Å². The van der Waals surface area contributed by atoms with Crippen LogP contribution in [-0.2, 0) is 46.9 Å². The Morgan fingerprint density at radius 3 is 1.75 bits per heavy atom. The van der Waals surface area contributed by atoms with E-state index in [-0.39, 0.29) is 41.1 Å². The van der Waals surface area contributed by atoms with Crippen LogP contribution in [0.4, 0.5) is 0 Å². The second kappa shape index (κ2) is 17.1. The van der Waals surface area contributed by atoms with Gasteiger partial charge in [0.05, 0.1) is 0 Å². The largest absolute Gasteiger partial charge is 1.00 e. The minimum Gasteiger partial charge on any atom is -1.00 e. The van der Waals surface area contributed by atoms with E-state index < -0.39 is 0 Å². The minimum absolute atomic E-state index is 0. The normalized spacial score (nSPS) is 14.7. The fraction of sp³-hybridized carbons (Fsp3) is 0.356. The molecule has 0 spiro atoms. The van der Waals surface area contributed by atoms with Crippen LogP contribution in [0.25, 0.3) is 16.7 Å². The maximum absolute atomic E-state index is 3.67. The molecule has 1 unspecified atom stereocenters. The summed E-state index contributed by atoms with van der Waals surface area (Å²) in [6.45, 7) is 24.6. The van der Waals surface area contributed by atoms with Crippen LogP contribution in [0.15, 0.2) is 96.6 Å². The Kier molecular flexibility index (Phi) is 14.9. The molecule has 0 fully saturated rings. The van der Waals surface area contributed by atoms with Gasteiger partial charge in [0, 0.05) is 0 Å². The summed E-state index contributed by atoms with van der Waals surface area (Å²) >= 11 is 1.46. The summed E-state index contributed by atoms with van der Waals surface area (Å²) < 4.78 is 2.21. The zero-order valence-corrected chi connectivity index (χ0v) is 34.7. The molecule has 48 heavy (non-hydrogen) atoms. The van der Waals surface area contributed by atoms with Crippen molar-refractivity contribution in [2.45, 2.75) is 98.8 Å². The van der Waals surface area contributed by atoms with Crippen molar-refractivity contribution < 1.29 is 49.0 Å². The number of hydrogen-bond acceptors (Lipinski definition) is 0. The van der Waals surface area contributed by atoms with Crippen LogP contribution in [0, 0.1) is 18.1 Å². The number of rotatable bonds is 2. The average Bonchev–Trinajstić information content (AvgIpc) is 3.54. The molecule has 3 heteroatoms. The molecule has 4 aromatic rings. The van der Waals surface area contributed by atoms with E-state index in [0.717, 1.165) is 6.42 Å². The van der Waals surface area contributed by atoms with Gasteiger partial charge in [0.1, 0.15) is 0 Å². The third kappa shape index (κ3) is 10.8. The summed E-state index contributed by atoms with van der Waals surface area (Å²) in [5.74, 6) is 0.468. The van der Waals surface area contributed by atoms with Crippen LogP contribution >= 0.6 is 0 Å². The van der Waals surface area contributed by atoms with E-state index in [0.29, 0.717) is 5.92 Å². The Bertz CT molecular complexity index is 1660. The third-order valence-corrected chi connectivity index (χ3v) is 9.58. The number of halogens is 2. The Morgan fingerprint density at radius 1 is 0.688 bits per heavy atom. The van der Waals surface area contributed by atoms with Crippen molar-refractivity contribution in [3.8, 4) is 11.1 Å². The summed E-state index contributed by atoms with van der Waals surface area (Å²) in [7, 11) is 0. The van der Waals surface area contributed by atoms with Gasteiger partial charge in [0.15, 0.2) is 0 Å². The van der Waals surface area contributed by atoms with Crippen LogP contribution in [0.5, 0.6) is 0 Å². The van der Waals surface area contributed by atoms with Gasteiger partial charge in [0.2, 0.25) is 0 Å². The Morgan fingerprint density at radius 2 is 1.25 bits per heavy atom. The summed E-state index contributed by atoms with van der Waals surface area (Å²) in [5, 5.41) is 0. The Hall–Kier alpha value is -2.31. The molecular weight excluding hydrogens is 703 g/mol. The molecule has 6 rings (SSSR count). The second-order valence-corrected chi connectivity index (χ2v) is 16.5. The van der Waals surface area contributed by atoms with E-state index in [1.165, 1.54) is 85.5 Å². The van der Waals surface area contributed by atoms with Crippen molar-refractivity contribution >= 4 is 9.28 Å². The van der Waals surface area contributed by atoms with Crippen molar-refractivity contribution in [1.29, 1.82) is 0 Å². The van der Waals surface area contributed by atoms with Crippen molar-refractivity contribution in [3.63, 3.8) is 0 Å². The first kappa shape index (κ1) is 41.9. The molecule has 0 heterocycles. The van der Waals surface area contributed by atoms with Gasteiger partial charge in [-0.15, -0.1) is 16.7 Å². The monoisotopic (exact) mass is 752 g/mol. The van der Waals surface area contributed by atoms with Crippen LogP contribution in [0.1, 0.15) is 115 Å². The molecule has 0 aromatic heterocycles. The molecule has 252 valence electrons. The van der Waals surface area contributed by atoms with Crippen molar-refractivity contribution in [3.05, 3.63) is 148 Å². The van der Waals surface area contributed by atoms with Crippen LogP contribution in [0.3, 0.4) is 0 Å². The maximum Gasteiger partial charge on any atom is -0.0623 e. The molecule has 0 radical (unpaired) electrons. The van der Waals surface area contributed by atoms with Crippen LogP contribution in [0.2, 0.25) is 0 Å². The molecular formula is C45H52Cl2Zr-2. The van der Waals surface area contributed by atoms with Crippen molar-refractivity contribution in [1.82, 2.24) is 0 Å². The molecule has 0 nitrogen and oxygen atoms in total. The van der Waals surface area contributed by atoms with Gasteiger partial charge >= 0.3 is 89.5 Å². The van der Waals surface area contributed by atoms with Gasteiger partial charge < -0.3 is 24.8 Å². The van der Waals surface area contributed by atoms with Crippen LogP contribution in [-0.4, -0.2) is 3.71 Å². The maximum atomic E-state index is 3.67. The molecule has 0 bridgehead atoms. The van der Waals surface area contributed by atoms with E-state index in [1.807, 2.05) is 6.07 Å². The first-order valence-electron chi connectivity index (χ1n) is 16.7. The smallest absolute Gasteiger partial charge is 0.0623 e. The van der Waals surface area contributed by atoms with E-state index in [4.69, 9.17) is 0 Å². The quantitative estimate of drug-likeness (QED) is 0.200. The summed E-state index contributed by atoms with van der Waals surface area (Å²) in [6, 6.07) is 34.5. The molecule has 0 amide bonds. The van der Waals surface area contributed by atoms with Crippen LogP contribution < -0.4 is 24.8 Å². The van der Waals surface area contributed by atoms with Crippen molar-refractivity contribution in [2.75, 3.05) is 0 Å². The standard InChI is InChI=1S/C21H25.C13H13.C11H14.2ClH.Zr/c1-20(2,3)16-7-9-18-14(12-16)11-15-13-17(21(4,5)6)8-10-19(15)18;1-10-8-11(2)13(9-10)12-6-4-3-5-7-12;1-9-5-7-10(8-6-9)11(2,3)4;;;/h7-10,12H,11H2,1-6H3;3-7,9-10H,1-2H3;1,5-8H,2-4H3;2*1H;/q2*-1;;;;+2/p-2. The van der Waals surface area contributed by atoms with Gasteiger partial charge in [-0.05, 0) is 28.4 Å². The number of fused-ring (bicyclic) bond motifs is 3. The average molecular weight is 755 g/mol. The molecule has 0 saturated carbocycles. The first-order chi connectivity index (χ1) is 21.5. The third-order valence-electron chi connectivity index (χ3n) is 8.76. The van der Waals surface area contributed by atoms with Gasteiger partial charge in [-0.1, -0.05) is 115 Å². The van der Waals surface area contributed by atoms with E-state index in [2.05, 4.69) is 177 Å². The van der Waals surface area contributed by atoms with E-state index in [1.54, 1.807) is 0 Å². The van der Waals surface area contributed by atoms with E-state index in [9.17, 15) is 0 Å². The zero-order chi connectivity index (χ0) is 33.9. The summed E-state index contributed by atoms with van der Waals surface area (Å²) in [4.78, 5) is 0. The topological polar surface area (TPSA) is 0 Å². The molecule has 0 saturated heterocycles. The van der Waals surface area contributed by atoms with E-state index >= 15 is 0 Å². The Labute approximate surface area is 319 Å². The number of allylic oxidation sites excluding steroid dienone is 4. The number of benzene rings is 4. The molecule has 0 N–H and O–H groups in total. The first-order valence-corrected chi connectivity index (χ1v) is 18.1. The van der Waals surface area contributed by atoms with Gasteiger partial charge in [-0.3, -0.25) is 6.08 Å². The fourth-order valence-corrected chi connectivity index (χ4v) is 6.35.